The maximum atomic E-state index is 12.9. The van der Waals surface area contributed by atoms with Gasteiger partial charge in [0.25, 0.3) is 6.43 Å². The molecule has 3 heterocycles. The number of alkyl halides is 2. The number of hydrogen-bond donors (Lipinski definition) is 1. The maximum Gasteiger partial charge on any atom is 0.339 e. The van der Waals surface area contributed by atoms with E-state index in [1.807, 2.05) is 19.1 Å². The van der Waals surface area contributed by atoms with Crippen LogP contribution < -0.4 is 4.90 Å². The van der Waals surface area contributed by atoms with Gasteiger partial charge in [0.1, 0.15) is 17.1 Å². The Balaban J connectivity index is 1.54. The summed E-state index contributed by atoms with van der Waals surface area (Å²) in [5.74, 6) is 1.16. The molecule has 2 atom stereocenters. The highest BCUT2D eigenvalue weighted by atomic mass is 19.3. The topological polar surface area (TPSA) is 71.2 Å². The standard InChI is InChI=1S/C17H18F2N4O2/c1-9-10(2-3-14(20-9)22-5-11-4-12(11)6-22)7-23-8-13(17(24)25)15(21-23)16(18)19/h2-3,8,11-12,16H,4-7H2,1H3,(H,24,25). The van der Waals surface area contributed by atoms with Gasteiger partial charge in [0.2, 0.25) is 0 Å². The molecule has 4 rings (SSSR count). The number of aromatic nitrogens is 3. The number of hydrogen-bond acceptors (Lipinski definition) is 4. The van der Waals surface area contributed by atoms with Crippen LogP contribution in [-0.2, 0) is 6.54 Å². The summed E-state index contributed by atoms with van der Waals surface area (Å²) in [6, 6.07) is 3.84. The van der Waals surface area contributed by atoms with Crippen LogP contribution in [-0.4, -0.2) is 38.9 Å². The van der Waals surface area contributed by atoms with E-state index in [0.29, 0.717) is 0 Å². The molecule has 2 unspecified atom stereocenters. The molecule has 6 nitrogen and oxygen atoms in total. The molecule has 8 heteroatoms. The third kappa shape index (κ3) is 2.96. The average Bonchev–Trinajstić information content (AvgIpc) is 2.97. The molecule has 1 aliphatic heterocycles. The number of aryl methyl sites for hydroxylation is 1. The second kappa shape index (κ2) is 5.79. The van der Waals surface area contributed by atoms with Crippen LogP contribution in [0.25, 0.3) is 0 Å². The molecule has 2 aliphatic rings. The van der Waals surface area contributed by atoms with Crippen LogP contribution in [0.3, 0.4) is 0 Å². The van der Waals surface area contributed by atoms with Crippen molar-refractivity contribution in [3.63, 3.8) is 0 Å². The van der Waals surface area contributed by atoms with Gasteiger partial charge in [0.15, 0.2) is 0 Å². The van der Waals surface area contributed by atoms with E-state index in [0.717, 1.165) is 48.2 Å². The van der Waals surface area contributed by atoms with Crippen molar-refractivity contribution in [1.82, 2.24) is 14.8 Å². The summed E-state index contributed by atoms with van der Waals surface area (Å²) < 4.78 is 27.1. The fourth-order valence-corrected chi connectivity index (χ4v) is 3.52. The Morgan fingerprint density at radius 1 is 1.36 bits per heavy atom. The van der Waals surface area contributed by atoms with Crippen molar-refractivity contribution in [3.05, 3.63) is 40.8 Å². The second-order valence-corrected chi connectivity index (χ2v) is 6.81. The van der Waals surface area contributed by atoms with Gasteiger partial charge in [-0.3, -0.25) is 4.68 Å². The Bertz CT molecular complexity index is 826. The zero-order valence-corrected chi connectivity index (χ0v) is 13.7. The van der Waals surface area contributed by atoms with E-state index in [4.69, 9.17) is 5.11 Å². The number of halogens is 2. The minimum absolute atomic E-state index is 0.206. The number of piperidine rings is 1. The molecular weight excluding hydrogens is 330 g/mol. The molecule has 1 saturated carbocycles. The van der Waals surface area contributed by atoms with Crippen LogP contribution in [0.1, 0.15) is 40.2 Å². The van der Waals surface area contributed by atoms with E-state index in [9.17, 15) is 13.6 Å². The first-order chi connectivity index (χ1) is 11.9. The highest BCUT2D eigenvalue weighted by Crippen LogP contribution is 2.45. The van der Waals surface area contributed by atoms with Crippen molar-refractivity contribution in [2.75, 3.05) is 18.0 Å². The van der Waals surface area contributed by atoms with Crippen molar-refractivity contribution >= 4 is 11.8 Å². The van der Waals surface area contributed by atoms with E-state index in [-0.39, 0.29) is 6.54 Å². The van der Waals surface area contributed by atoms with Crippen LogP contribution in [0.5, 0.6) is 0 Å². The molecule has 0 bridgehead atoms. The van der Waals surface area contributed by atoms with Crippen molar-refractivity contribution in [2.24, 2.45) is 11.8 Å². The quantitative estimate of drug-likeness (QED) is 0.900. The number of carboxylic acid groups (broad SMARTS) is 1. The summed E-state index contributed by atoms with van der Waals surface area (Å²) in [6.45, 7) is 4.17. The number of carbonyl (C=O) groups is 1. The lowest BCUT2D eigenvalue weighted by atomic mass is 10.2. The Kier molecular flexibility index (Phi) is 3.70. The second-order valence-electron chi connectivity index (χ2n) is 6.81. The van der Waals surface area contributed by atoms with Gasteiger partial charge in [0.05, 0.1) is 6.54 Å². The number of nitrogens with zero attached hydrogens (tertiary/aromatic N) is 4. The first-order valence-corrected chi connectivity index (χ1v) is 8.22. The fourth-order valence-electron chi connectivity index (χ4n) is 3.52. The number of fused-ring (bicyclic) bond motifs is 1. The van der Waals surface area contributed by atoms with Gasteiger partial charge >= 0.3 is 5.97 Å². The summed E-state index contributed by atoms with van der Waals surface area (Å²) >= 11 is 0. The fraction of sp³-hybridized carbons (Fsp3) is 0.471. The van der Waals surface area contributed by atoms with Crippen LogP contribution in [0.15, 0.2) is 18.3 Å². The SMILES string of the molecule is Cc1nc(N2CC3CC3C2)ccc1Cn1cc(C(=O)O)c(C(F)F)n1. The number of carboxylic acids is 1. The minimum atomic E-state index is -2.92. The number of rotatable bonds is 5. The van der Waals surface area contributed by atoms with Gasteiger partial charge in [-0.05, 0) is 36.8 Å². The van der Waals surface area contributed by atoms with Gasteiger partial charge in [-0.15, -0.1) is 0 Å². The van der Waals surface area contributed by atoms with Gasteiger partial charge in [-0.1, -0.05) is 6.07 Å². The highest BCUT2D eigenvalue weighted by Gasteiger charge is 2.45. The monoisotopic (exact) mass is 348 g/mol. The van der Waals surface area contributed by atoms with Crippen molar-refractivity contribution < 1.29 is 18.7 Å². The zero-order chi connectivity index (χ0) is 17.7. The molecule has 0 radical (unpaired) electrons. The van der Waals surface area contributed by atoms with Crippen LogP contribution in [0.2, 0.25) is 0 Å². The lowest BCUT2D eigenvalue weighted by Gasteiger charge is -2.20. The van der Waals surface area contributed by atoms with E-state index in [1.165, 1.54) is 11.1 Å². The summed E-state index contributed by atoms with van der Waals surface area (Å²) in [6.07, 6.45) is -0.452. The Hall–Kier alpha value is -2.51. The predicted octanol–water partition coefficient (Wildman–Crippen LogP) is 2.73. The first kappa shape index (κ1) is 16.0. The summed E-state index contributed by atoms with van der Waals surface area (Å²) in [7, 11) is 0. The van der Waals surface area contributed by atoms with E-state index >= 15 is 0 Å². The Labute approximate surface area is 143 Å². The predicted molar refractivity (Wildman–Crippen MR) is 86.0 cm³/mol. The van der Waals surface area contributed by atoms with E-state index in [2.05, 4.69) is 15.0 Å². The molecule has 0 aromatic carbocycles. The molecule has 0 spiro atoms. The zero-order valence-electron chi connectivity index (χ0n) is 13.7. The molecule has 1 N–H and O–H groups in total. The van der Waals surface area contributed by atoms with Gasteiger partial charge in [-0.2, -0.15) is 5.10 Å². The Morgan fingerprint density at radius 3 is 2.64 bits per heavy atom. The molecule has 1 saturated heterocycles. The molecule has 2 fully saturated rings. The summed E-state index contributed by atoms with van der Waals surface area (Å²) in [5.41, 5.74) is 0.456. The van der Waals surface area contributed by atoms with E-state index in [1.54, 1.807) is 0 Å². The van der Waals surface area contributed by atoms with Gasteiger partial charge in [-0.25, -0.2) is 18.6 Å². The van der Waals surface area contributed by atoms with Crippen molar-refractivity contribution in [3.8, 4) is 0 Å². The number of aromatic carboxylic acids is 1. The van der Waals surface area contributed by atoms with Crippen molar-refractivity contribution in [1.29, 1.82) is 0 Å². The third-order valence-corrected chi connectivity index (χ3v) is 5.04. The van der Waals surface area contributed by atoms with Crippen LogP contribution >= 0.6 is 0 Å². The molecule has 25 heavy (non-hydrogen) atoms. The van der Waals surface area contributed by atoms with Gasteiger partial charge < -0.3 is 10.0 Å². The number of pyridine rings is 1. The third-order valence-electron chi connectivity index (χ3n) is 5.04. The lowest BCUT2D eigenvalue weighted by Crippen LogP contribution is -2.23. The lowest BCUT2D eigenvalue weighted by molar-refractivity contribution is 0.0684. The molecule has 2 aromatic rings. The highest BCUT2D eigenvalue weighted by molar-refractivity contribution is 5.88. The van der Waals surface area contributed by atoms with Crippen LogP contribution in [0.4, 0.5) is 14.6 Å². The number of anilines is 1. The normalized spacial score (nSPS) is 21.7. The van der Waals surface area contributed by atoms with E-state index < -0.39 is 23.7 Å². The molecule has 0 amide bonds. The summed E-state index contributed by atoms with van der Waals surface area (Å²) in [5, 5.41) is 12.8. The maximum absolute atomic E-state index is 12.9. The largest absolute Gasteiger partial charge is 0.478 e. The molecular formula is C17H18F2N4O2. The summed E-state index contributed by atoms with van der Waals surface area (Å²) in [4.78, 5) is 18.0. The van der Waals surface area contributed by atoms with Crippen LogP contribution in [0, 0.1) is 18.8 Å². The van der Waals surface area contributed by atoms with Crippen molar-refractivity contribution in [2.45, 2.75) is 26.3 Å². The minimum Gasteiger partial charge on any atom is -0.478 e. The molecule has 2 aromatic heterocycles. The first-order valence-electron chi connectivity index (χ1n) is 8.22. The average molecular weight is 348 g/mol. The molecule has 132 valence electrons. The smallest absolute Gasteiger partial charge is 0.339 e. The molecule has 1 aliphatic carbocycles. The van der Waals surface area contributed by atoms with Gasteiger partial charge in [0, 0.05) is 25.0 Å². The Morgan fingerprint density at radius 2 is 2.08 bits per heavy atom.